The first kappa shape index (κ1) is 13.1. The summed E-state index contributed by atoms with van der Waals surface area (Å²) in [5.41, 5.74) is 8.45. The zero-order valence-electron chi connectivity index (χ0n) is 12.3. The van der Waals surface area contributed by atoms with E-state index in [2.05, 4.69) is 41.3 Å². The number of hydrogen-bond acceptors (Lipinski definition) is 3. The summed E-state index contributed by atoms with van der Waals surface area (Å²) in [5.74, 6) is 0. The van der Waals surface area contributed by atoms with Gasteiger partial charge in [-0.25, -0.2) is 0 Å². The van der Waals surface area contributed by atoms with E-state index in [0.717, 1.165) is 25.4 Å². The molecule has 1 saturated heterocycles. The van der Waals surface area contributed by atoms with Gasteiger partial charge in [-0.1, -0.05) is 24.3 Å². The van der Waals surface area contributed by atoms with E-state index < -0.39 is 0 Å². The zero-order chi connectivity index (χ0) is 14.2. The predicted octanol–water partition coefficient (Wildman–Crippen LogP) is 3.18. The number of nitrogen functional groups attached to an aromatic ring is 1. The lowest BCUT2D eigenvalue weighted by Gasteiger charge is -2.37. The van der Waals surface area contributed by atoms with E-state index in [1.165, 1.54) is 35.6 Å². The Bertz CT molecular complexity index is 655. The van der Waals surface area contributed by atoms with E-state index in [0.29, 0.717) is 12.1 Å². The standard InChI is InChI=1S/C18H22N2O/c19-16-11-14-5-2-1-4-13(14)10-15(16)12-20-8-9-21-18-7-3-6-17(18)20/h1-2,4-5,10-11,17-18H,3,6-9,12,19H2. The van der Waals surface area contributed by atoms with Crippen LogP contribution in [0.25, 0.3) is 10.8 Å². The minimum absolute atomic E-state index is 0.445. The number of anilines is 1. The molecule has 2 aliphatic rings. The first-order chi connectivity index (χ1) is 10.3. The molecule has 1 aliphatic heterocycles. The van der Waals surface area contributed by atoms with Gasteiger partial charge in [-0.3, -0.25) is 4.90 Å². The molecule has 0 spiro atoms. The molecule has 3 nitrogen and oxygen atoms in total. The number of nitrogens with zero attached hydrogens (tertiary/aromatic N) is 1. The van der Waals surface area contributed by atoms with Crippen LogP contribution in [0.5, 0.6) is 0 Å². The quantitative estimate of drug-likeness (QED) is 0.860. The number of hydrogen-bond donors (Lipinski definition) is 1. The van der Waals surface area contributed by atoms with Gasteiger partial charge >= 0.3 is 0 Å². The third kappa shape index (κ3) is 2.41. The molecule has 4 rings (SSSR count). The normalized spacial score (nSPS) is 26.1. The molecule has 1 saturated carbocycles. The second kappa shape index (κ2) is 5.32. The Morgan fingerprint density at radius 3 is 2.81 bits per heavy atom. The van der Waals surface area contributed by atoms with Crippen molar-refractivity contribution in [3.05, 3.63) is 42.0 Å². The van der Waals surface area contributed by atoms with E-state index >= 15 is 0 Å². The number of benzene rings is 2. The number of fused-ring (bicyclic) bond motifs is 2. The molecule has 110 valence electrons. The van der Waals surface area contributed by atoms with Crippen LogP contribution in [-0.2, 0) is 11.3 Å². The summed E-state index contributed by atoms with van der Waals surface area (Å²) in [5, 5.41) is 2.50. The Kier molecular flexibility index (Phi) is 3.32. The van der Waals surface area contributed by atoms with Gasteiger partial charge in [0.2, 0.25) is 0 Å². The molecule has 2 aromatic carbocycles. The minimum atomic E-state index is 0.445. The summed E-state index contributed by atoms with van der Waals surface area (Å²) in [4.78, 5) is 2.57. The van der Waals surface area contributed by atoms with E-state index in [1.54, 1.807) is 0 Å². The second-order valence-electron chi connectivity index (χ2n) is 6.28. The summed E-state index contributed by atoms with van der Waals surface area (Å²) >= 11 is 0. The second-order valence-corrected chi connectivity index (χ2v) is 6.28. The molecule has 0 bridgehead atoms. The maximum Gasteiger partial charge on any atom is 0.0731 e. The number of nitrogens with two attached hydrogens (primary N) is 1. The lowest BCUT2D eigenvalue weighted by molar-refractivity contribution is -0.0587. The Labute approximate surface area is 125 Å². The third-order valence-corrected chi connectivity index (χ3v) is 4.98. The molecular weight excluding hydrogens is 260 g/mol. The molecule has 2 atom stereocenters. The highest BCUT2D eigenvalue weighted by Gasteiger charge is 2.35. The van der Waals surface area contributed by atoms with Gasteiger partial charge in [0.25, 0.3) is 0 Å². The summed E-state index contributed by atoms with van der Waals surface area (Å²) in [6, 6.07) is 13.4. The molecule has 0 amide bonds. The van der Waals surface area contributed by atoms with Crippen LogP contribution in [0.3, 0.4) is 0 Å². The predicted molar refractivity (Wildman–Crippen MR) is 86.1 cm³/mol. The molecule has 2 N–H and O–H groups in total. The average molecular weight is 282 g/mol. The lowest BCUT2D eigenvalue weighted by Crippen LogP contribution is -2.47. The summed E-state index contributed by atoms with van der Waals surface area (Å²) in [6.45, 7) is 2.82. The van der Waals surface area contributed by atoms with E-state index in [9.17, 15) is 0 Å². The first-order valence-corrected chi connectivity index (χ1v) is 7.94. The maximum absolute atomic E-state index is 6.28. The van der Waals surface area contributed by atoms with Crippen molar-refractivity contribution < 1.29 is 4.74 Å². The SMILES string of the molecule is Nc1cc2ccccc2cc1CN1CCOC2CCCC21. The van der Waals surface area contributed by atoms with Crippen LogP contribution in [-0.4, -0.2) is 30.2 Å². The highest BCUT2D eigenvalue weighted by atomic mass is 16.5. The molecule has 1 heterocycles. The van der Waals surface area contributed by atoms with Crippen molar-refractivity contribution in [3.63, 3.8) is 0 Å². The van der Waals surface area contributed by atoms with Gasteiger partial charge in [0, 0.05) is 24.8 Å². The van der Waals surface area contributed by atoms with Crippen molar-refractivity contribution in [1.82, 2.24) is 4.90 Å². The van der Waals surface area contributed by atoms with Crippen LogP contribution in [0.15, 0.2) is 36.4 Å². The molecule has 0 radical (unpaired) electrons. The highest BCUT2D eigenvalue weighted by molar-refractivity contribution is 5.86. The van der Waals surface area contributed by atoms with Gasteiger partial charge in [0.15, 0.2) is 0 Å². The van der Waals surface area contributed by atoms with Gasteiger partial charge in [-0.05, 0) is 47.7 Å². The summed E-state index contributed by atoms with van der Waals surface area (Å²) < 4.78 is 5.90. The van der Waals surface area contributed by atoms with Gasteiger partial charge in [-0.2, -0.15) is 0 Å². The van der Waals surface area contributed by atoms with Crippen LogP contribution >= 0.6 is 0 Å². The van der Waals surface area contributed by atoms with Crippen molar-refractivity contribution in [1.29, 1.82) is 0 Å². The lowest BCUT2D eigenvalue weighted by atomic mass is 10.0. The van der Waals surface area contributed by atoms with Crippen LogP contribution in [0, 0.1) is 0 Å². The first-order valence-electron chi connectivity index (χ1n) is 7.94. The summed E-state index contributed by atoms with van der Waals surface area (Å²) in [7, 11) is 0. The zero-order valence-corrected chi connectivity index (χ0v) is 12.3. The van der Waals surface area contributed by atoms with Gasteiger partial charge in [-0.15, -0.1) is 0 Å². The van der Waals surface area contributed by atoms with Crippen molar-refractivity contribution >= 4 is 16.5 Å². The number of ether oxygens (including phenoxy) is 1. The topological polar surface area (TPSA) is 38.5 Å². The fourth-order valence-electron chi connectivity index (χ4n) is 3.86. The smallest absolute Gasteiger partial charge is 0.0731 e. The van der Waals surface area contributed by atoms with Gasteiger partial charge in [0.1, 0.15) is 0 Å². The van der Waals surface area contributed by atoms with Crippen LogP contribution in [0.2, 0.25) is 0 Å². The van der Waals surface area contributed by atoms with Crippen LogP contribution in [0.4, 0.5) is 5.69 Å². The largest absolute Gasteiger partial charge is 0.398 e. The number of rotatable bonds is 2. The molecule has 3 heteroatoms. The Balaban J connectivity index is 1.62. The van der Waals surface area contributed by atoms with Gasteiger partial charge in [0.05, 0.1) is 12.7 Å². The molecule has 1 aliphatic carbocycles. The monoisotopic (exact) mass is 282 g/mol. The van der Waals surface area contributed by atoms with Crippen LogP contribution < -0.4 is 5.73 Å². The number of morpholine rings is 1. The maximum atomic E-state index is 6.28. The molecule has 2 fully saturated rings. The minimum Gasteiger partial charge on any atom is -0.398 e. The van der Waals surface area contributed by atoms with Crippen molar-refractivity contribution in [3.8, 4) is 0 Å². The Morgan fingerprint density at radius 1 is 1.14 bits per heavy atom. The average Bonchev–Trinajstić information content (AvgIpc) is 2.97. The van der Waals surface area contributed by atoms with Crippen molar-refractivity contribution in [2.45, 2.75) is 38.0 Å². The van der Waals surface area contributed by atoms with E-state index in [4.69, 9.17) is 10.5 Å². The Hall–Kier alpha value is -1.58. The fraction of sp³-hybridized carbons (Fsp3) is 0.444. The van der Waals surface area contributed by atoms with E-state index in [1.807, 2.05) is 0 Å². The van der Waals surface area contributed by atoms with Crippen LogP contribution in [0.1, 0.15) is 24.8 Å². The van der Waals surface area contributed by atoms with E-state index in [-0.39, 0.29) is 0 Å². The van der Waals surface area contributed by atoms with Crippen molar-refractivity contribution in [2.75, 3.05) is 18.9 Å². The molecule has 2 unspecified atom stereocenters. The third-order valence-electron chi connectivity index (χ3n) is 4.98. The molecule has 0 aromatic heterocycles. The van der Waals surface area contributed by atoms with Gasteiger partial charge < -0.3 is 10.5 Å². The Morgan fingerprint density at radius 2 is 1.95 bits per heavy atom. The van der Waals surface area contributed by atoms with Crippen molar-refractivity contribution in [2.24, 2.45) is 0 Å². The summed E-state index contributed by atoms with van der Waals surface area (Å²) in [6.07, 6.45) is 4.21. The molecule has 21 heavy (non-hydrogen) atoms. The highest BCUT2D eigenvalue weighted by Crippen LogP contribution is 2.32. The molecular formula is C18H22N2O. The molecule has 2 aromatic rings. The fourth-order valence-corrected chi connectivity index (χ4v) is 3.86.